The SMILES string of the molecule is O=C(O)c1cc2c([nH]1)CNCC2=O. The number of carbonyl (C=O) groups is 2. The van der Waals surface area contributed by atoms with Crippen LogP contribution in [-0.4, -0.2) is 28.4 Å². The smallest absolute Gasteiger partial charge is 0.352 e. The van der Waals surface area contributed by atoms with Crippen molar-refractivity contribution < 1.29 is 14.7 Å². The minimum Gasteiger partial charge on any atom is -0.477 e. The molecule has 3 N–H and O–H groups in total. The first-order chi connectivity index (χ1) is 6.18. The third kappa shape index (κ3) is 1.23. The van der Waals surface area contributed by atoms with E-state index in [1.165, 1.54) is 6.07 Å². The summed E-state index contributed by atoms with van der Waals surface area (Å²) in [7, 11) is 0. The van der Waals surface area contributed by atoms with Crippen molar-refractivity contribution in [2.75, 3.05) is 6.54 Å². The second-order valence-electron chi connectivity index (χ2n) is 2.91. The number of carbonyl (C=O) groups excluding carboxylic acids is 1. The number of nitrogens with one attached hydrogen (secondary N) is 2. The van der Waals surface area contributed by atoms with Gasteiger partial charge in [-0.25, -0.2) is 4.79 Å². The molecule has 1 aliphatic rings. The lowest BCUT2D eigenvalue weighted by Gasteiger charge is -2.10. The number of H-pyrrole nitrogens is 1. The van der Waals surface area contributed by atoms with Gasteiger partial charge in [-0.3, -0.25) is 4.79 Å². The Morgan fingerprint density at radius 2 is 2.23 bits per heavy atom. The summed E-state index contributed by atoms with van der Waals surface area (Å²) in [5.41, 5.74) is 1.23. The van der Waals surface area contributed by atoms with Gasteiger partial charge in [0.05, 0.1) is 6.54 Å². The molecule has 0 spiro atoms. The first-order valence-electron chi connectivity index (χ1n) is 3.87. The van der Waals surface area contributed by atoms with Gasteiger partial charge in [-0.1, -0.05) is 0 Å². The summed E-state index contributed by atoms with van der Waals surface area (Å²) in [6, 6.07) is 1.39. The Hall–Kier alpha value is -1.62. The quantitative estimate of drug-likeness (QED) is 0.568. The van der Waals surface area contributed by atoms with Crippen molar-refractivity contribution in [2.24, 2.45) is 0 Å². The monoisotopic (exact) mass is 180 g/mol. The lowest BCUT2D eigenvalue weighted by Crippen LogP contribution is -2.29. The molecule has 0 atom stereocenters. The summed E-state index contributed by atoms with van der Waals surface area (Å²) in [5, 5.41) is 11.5. The Morgan fingerprint density at radius 1 is 1.46 bits per heavy atom. The van der Waals surface area contributed by atoms with Gasteiger partial charge in [0.2, 0.25) is 0 Å². The standard InChI is InChI=1S/C8H8N2O3/c11-7-3-9-2-6-4(7)1-5(10-6)8(12)13/h1,9-10H,2-3H2,(H,12,13). The molecule has 13 heavy (non-hydrogen) atoms. The van der Waals surface area contributed by atoms with E-state index < -0.39 is 5.97 Å². The number of carboxylic acid groups (broad SMARTS) is 1. The highest BCUT2D eigenvalue weighted by Crippen LogP contribution is 2.14. The topological polar surface area (TPSA) is 82.2 Å². The third-order valence-corrected chi connectivity index (χ3v) is 2.02. The predicted molar refractivity (Wildman–Crippen MR) is 43.8 cm³/mol. The molecule has 68 valence electrons. The molecule has 2 rings (SSSR count). The van der Waals surface area contributed by atoms with Crippen molar-refractivity contribution in [3.63, 3.8) is 0 Å². The van der Waals surface area contributed by atoms with E-state index in [-0.39, 0.29) is 18.0 Å². The van der Waals surface area contributed by atoms with Crippen LogP contribution in [0.2, 0.25) is 0 Å². The molecule has 0 radical (unpaired) electrons. The van der Waals surface area contributed by atoms with Gasteiger partial charge in [0, 0.05) is 17.8 Å². The van der Waals surface area contributed by atoms with Gasteiger partial charge < -0.3 is 15.4 Å². The van der Waals surface area contributed by atoms with Crippen LogP contribution in [0, 0.1) is 0 Å². The molecule has 0 fully saturated rings. The second kappa shape index (κ2) is 2.70. The number of hydrogen-bond donors (Lipinski definition) is 3. The molecule has 1 aliphatic heterocycles. The molecule has 0 bridgehead atoms. The van der Waals surface area contributed by atoms with Crippen molar-refractivity contribution in [3.05, 3.63) is 23.0 Å². The lowest BCUT2D eigenvalue weighted by atomic mass is 10.1. The maximum atomic E-state index is 11.2. The molecule has 5 nitrogen and oxygen atoms in total. The van der Waals surface area contributed by atoms with Crippen LogP contribution >= 0.6 is 0 Å². The molecule has 0 amide bonds. The van der Waals surface area contributed by atoms with Crippen LogP contribution in [0.3, 0.4) is 0 Å². The van der Waals surface area contributed by atoms with Crippen LogP contribution in [0.25, 0.3) is 0 Å². The summed E-state index contributed by atoms with van der Waals surface area (Å²) in [6.07, 6.45) is 0. The second-order valence-corrected chi connectivity index (χ2v) is 2.91. The van der Waals surface area contributed by atoms with Gasteiger partial charge in [-0.2, -0.15) is 0 Å². The fourth-order valence-electron chi connectivity index (χ4n) is 1.40. The Labute approximate surface area is 73.8 Å². The summed E-state index contributed by atoms with van der Waals surface area (Å²) in [5.74, 6) is -1.10. The normalized spacial score (nSPS) is 15.5. The van der Waals surface area contributed by atoms with Crippen molar-refractivity contribution in [3.8, 4) is 0 Å². The lowest BCUT2D eigenvalue weighted by molar-refractivity contribution is 0.0691. The number of aromatic amines is 1. The van der Waals surface area contributed by atoms with Crippen molar-refractivity contribution in [1.82, 2.24) is 10.3 Å². The summed E-state index contributed by atoms with van der Waals surface area (Å²) in [6.45, 7) is 0.804. The number of aromatic carboxylic acids is 1. The first-order valence-corrected chi connectivity index (χ1v) is 3.87. The molecule has 5 heteroatoms. The van der Waals surface area contributed by atoms with Crippen LogP contribution in [0.15, 0.2) is 6.07 Å². The fraction of sp³-hybridized carbons (Fsp3) is 0.250. The highest BCUT2D eigenvalue weighted by atomic mass is 16.4. The van der Waals surface area contributed by atoms with Crippen LogP contribution in [-0.2, 0) is 6.54 Å². The van der Waals surface area contributed by atoms with E-state index in [0.717, 1.165) is 0 Å². The van der Waals surface area contributed by atoms with Crippen molar-refractivity contribution >= 4 is 11.8 Å². The number of hydrogen-bond acceptors (Lipinski definition) is 3. The summed E-state index contributed by atoms with van der Waals surface area (Å²) in [4.78, 5) is 24.5. The summed E-state index contributed by atoms with van der Waals surface area (Å²) >= 11 is 0. The van der Waals surface area contributed by atoms with E-state index in [1.54, 1.807) is 0 Å². The number of ketones is 1. The molecule has 0 saturated heterocycles. The molecule has 1 aromatic rings. The maximum absolute atomic E-state index is 11.2. The first kappa shape index (κ1) is 8.00. The van der Waals surface area contributed by atoms with E-state index in [2.05, 4.69) is 10.3 Å². The summed E-state index contributed by atoms with van der Waals surface area (Å²) < 4.78 is 0. The molecule has 0 unspecified atom stereocenters. The Balaban J connectivity index is 2.48. The van der Waals surface area contributed by atoms with E-state index in [1.807, 2.05) is 0 Å². The molecule has 0 saturated carbocycles. The average Bonchev–Trinajstić information content (AvgIpc) is 2.49. The number of aromatic nitrogens is 1. The van der Waals surface area contributed by atoms with E-state index in [0.29, 0.717) is 17.8 Å². The number of carboxylic acids is 1. The number of fused-ring (bicyclic) bond motifs is 1. The van der Waals surface area contributed by atoms with Crippen LogP contribution in [0.1, 0.15) is 26.5 Å². The Bertz CT molecular complexity index is 381. The molecular weight excluding hydrogens is 172 g/mol. The van der Waals surface area contributed by atoms with Gasteiger partial charge >= 0.3 is 5.97 Å². The molecular formula is C8H8N2O3. The van der Waals surface area contributed by atoms with Gasteiger partial charge in [-0.05, 0) is 6.07 Å². The van der Waals surface area contributed by atoms with E-state index in [4.69, 9.17) is 5.11 Å². The third-order valence-electron chi connectivity index (χ3n) is 2.02. The van der Waals surface area contributed by atoms with Gasteiger partial charge in [-0.15, -0.1) is 0 Å². The van der Waals surface area contributed by atoms with Crippen LogP contribution in [0.5, 0.6) is 0 Å². The highest BCUT2D eigenvalue weighted by Gasteiger charge is 2.21. The minimum absolute atomic E-state index is 0.0648. The Kier molecular flexibility index (Phi) is 1.66. The zero-order chi connectivity index (χ0) is 9.42. The average molecular weight is 180 g/mol. The largest absolute Gasteiger partial charge is 0.477 e. The van der Waals surface area contributed by atoms with Gasteiger partial charge in [0.1, 0.15) is 5.69 Å². The van der Waals surface area contributed by atoms with E-state index in [9.17, 15) is 9.59 Å². The number of rotatable bonds is 1. The van der Waals surface area contributed by atoms with Gasteiger partial charge in [0.15, 0.2) is 5.78 Å². The zero-order valence-electron chi connectivity index (χ0n) is 6.76. The molecule has 0 aromatic carbocycles. The Morgan fingerprint density at radius 3 is 2.85 bits per heavy atom. The van der Waals surface area contributed by atoms with Crippen LogP contribution in [0.4, 0.5) is 0 Å². The molecule has 1 aromatic heterocycles. The highest BCUT2D eigenvalue weighted by molar-refractivity contribution is 6.01. The molecule has 2 heterocycles. The molecule has 0 aliphatic carbocycles. The maximum Gasteiger partial charge on any atom is 0.352 e. The van der Waals surface area contributed by atoms with Gasteiger partial charge in [0.25, 0.3) is 0 Å². The predicted octanol–water partition coefficient (Wildman–Crippen LogP) is -0.00120. The zero-order valence-corrected chi connectivity index (χ0v) is 6.76. The number of Topliss-reactive ketones (excluding diaryl/α,β-unsaturated/α-hetero) is 1. The van der Waals surface area contributed by atoms with E-state index >= 15 is 0 Å². The van der Waals surface area contributed by atoms with Crippen LogP contribution < -0.4 is 5.32 Å². The van der Waals surface area contributed by atoms with Crippen molar-refractivity contribution in [1.29, 1.82) is 0 Å². The minimum atomic E-state index is -1.04. The van der Waals surface area contributed by atoms with Crippen molar-refractivity contribution in [2.45, 2.75) is 6.54 Å². The fourth-order valence-corrected chi connectivity index (χ4v) is 1.40.